The molecule has 0 aliphatic heterocycles. The second-order valence-corrected chi connectivity index (χ2v) is 5.13. The zero-order valence-electron chi connectivity index (χ0n) is 11.2. The molecule has 2 rings (SSSR count). The first-order valence-corrected chi connectivity index (χ1v) is 6.13. The molecule has 6 nitrogen and oxygen atoms in total. The number of hydrogen-bond acceptors (Lipinski definition) is 5. The van der Waals surface area contributed by atoms with E-state index in [4.69, 9.17) is 4.74 Å². The number of nitrogens with one attached hydrogen (secondary N) is 2. The predicted molar refractivity (Wildman–Crippen MR) is 70.8 cm³/mol. The van der Waals surface area contributed by atoms with Gasteiger partial charge in [-0.2, -0.15) is 15.1 Å². The molecule has 0 saturated heterocycles. The molecule has 0 spiro atoms. The maximum absolute atomic E-state index is 5.84. The van der Waals surface area contributed by atoms with Crippen molar-refractivity contribution in [1.82, 2.24) is 20.2 Å². The highest BCUT2D eigenvalue weighted by Gasteiger charge is 2.17. The van der Waals surface area contributed by atoms with Gasteiger partial charge in [-0.05, 0) is 27.2 Å². The summed E-state index contributed by atoms with van der Waals surface area (Å²) >= 11 is 0. The second-order valence-electron chi connectivity index (χ2n) is 5.13. The van der Waals surface area contributed by atoms with Crippen LogP contribution in [0.5, 0.6) is 5.88 Å². The average molecular weight is 249 g/mol. The first-order valence-electron chi connectivity index (χ1n) is 6.13. The van der Waals surface area contributed by atoms with Crippen LogP contribution in [0.15, 0.2) is 6.20 Å². The molecule has 6 heteroatoms. The maximum Gasteiger partial charge on any atom is 0.230 e. The number of hydrogen-bond donors (Lipinski definition) is 2. The third kappa shape index (κ3) is 2.88. The Bertz CT molecular complexity index is 529. The SMILES string of the molecule is CCCNc1nc(OC(C)(C)C)c2cn[nH]c2n1. The Hall–Kier alpha value is -1.85. The first kappa shape index (κ1) is 12.6. The zero-order chi connectivity index (χ0) is 13.2. The third-order valence-electron chi connectivity index (χ3n) is 2.21. The number of rotatable bonds is 4. The monoisotopic (exact) mass is 249 g/mol. The molecule has 0 fully saturated rings. The molecular formula is C12H19N5O. The molecule has 0 aliphatic rings. The minimum absolute atomic E-state index is 0.305. The number of nitrogens with zero attached hydrogens (tertiary/aromatic N) is 3. The van der Waals surface area contributed by atoms with Gasteiger partial charge in [0.2, 0.25) is 11.8 Å². The van der Waals surface area contributed by atoms with Crippen LogP contribution in [-0.2, 0) is 0 Å². The van der Waals surface area contributed by atoms with Crippen molar-refractivity contribution in [2.45, 2.75) is 39.7 Å². The number of aromatic nitrogens is 4. The number of H-pyrrole nitrogens is 1. The van der Waals surface area contributed by atoms with Gasteiger partial charge in [0.1, 0.15) is 11.0 Å². The van der Waals surface area contributed by atoms with Gasteiger partial charge >= 0.3 is 0 Å². The van der Waals surface area contributed by atoms with Crippen LogP contribution in [0.25, 0.3) is 11.0 Å². The second kappa shape index (κ2) is 4.80. The van der Waals surface area contributed by atoms with Crippen molar-refractivity contribution in [2.24, 2.45) is 0 Å². The van der Waals surface area contributed by atoms with Gasteiger partial charge in [0.15, 0.2) is 5.65 Å². The molecule has 98 valence electrons. The van der Waals surface area contributed by atoms with E-state index in [1.165, 1.54) is 0 Å². The van der Waals surface area contributed by atoms with E-state index in [9.17, 15) is 0 Å². The molecule has 0 unspecified atom stereocenters. The molecule has 0 aromatic carbocycles. The van der Waals surface area contributed by atoms with Gasteiger partial charge in [-0.3, -0.25) is 5.10 Å². The van der Waals surface area contributed by atoms with Crippen molar-refractivity contribution >= 4 is 17.0 Å². The molecule has 2 heterocycles. The maximum atomic E-state index is 5.84. The van der Waals surface area contributed by atoms with Crippen molar-refractivity contribution in [3.63, 3.8) is 0 Å². The van der Waals surface area contributed by atoms with Crippen LogP contribution in [0.2, 0.25) is 0 Å². The summed E-state index contributed by atoms with van der Waals surface area (Å²) in [6.07, 6.45) is 2.69. The zero-order valence-corrected chi connectivity index (χ0v) is 11.2. The number of ether oxygens (including phenoxy) is 1. The molecule has 0 radical (unpaired) electrons. The van der Waals surface area contributed by atoms with Crippen LogP contribution in [0, 0.1) is 0 Å². The molecule has 2 N–H and O–H groups in total. The van der Waals surface area contributed by atoms with Crippen molar-refractivity contribution in [3.8, 4) is 5.88 Å². The Labute approximate surface area is 106 Å². The highest BCUT2D eigenvalue weighted by Crippen LogP contribution is 2.25. The fraction of sp³-hybridized carbons (Fsp3) is 0.583. The lowest BCUT2D eigenvalue weighted by molar-refractivity contribution is 0.126. The van der Waals surface area contributed by atoms with Gasteiger partial charge < -0.3 is 10.1 Å². The van der Waals surface area contributed by atoms with E-state index >= 15 is 0 Å². The summed E-state index contributed by atoms with van der Waals surface area (Å²) in [6.45, 7) is 8.88. The topological polar surface area (TPSA) is 75.7 Å². The Morgan fingerprint density at radius 2 is 2.11 bits per heavy atom. The van der Waals surface area contributed by atoms with E-state index in [0.717, 1.165) is 18.4 Å². The van der Waals surface area contributed by atoms with E-state index in [0.29, 0.717) is 17.5 Å². The van der Waals surface area contributed by atoms with Gasteiger partial charge in [-0.15, -0.1) is 0 Å². The molecular weight excluding hydrogens is 230 g/mol. The van der Waals surface area contributed by atoms with Gasteiger partial charge in [-0.25, -0.2) is 0 Å². The van der Waals surface area contributed by atoms with E-state index in [-0.39, 0.29) is 5.60 Å². The number of fused-ring (bicyclic) bond motifs is 1. The van der Waals surface area contributed by atoms with Gasteiger partial charge in [-0.1, -0.05) is 6.92 Å². The summed E-state index contributed by atoms with van der Waals surface area (Å²) in [5, 5.41) is 10.8. The van der Waals surface area contributed by atoms with Crippen LogP contribution in [0.1, 0.15) is 34.1 Å². The number of aromatic amines is 1. The largest absolute Gasteiger partial charge is 0.471 e. The quantitative estimate of drug-likeness (QED) is 0.869. The van der Waals surface area contributed by atoms with Crippen LogP contribution in [0.3, 0.4) is 0 Å². The molecule has 0 amide bonds. The Morgan fingerprint density at radius 3 is 2.78 bits per heavy atom. The Kier molecular flexibility index (Phi) is 3.36. The molecule has 2 aromatic heterocycles. The van der Waals surface area contributed by atoms with Crippen molar-refractivity contribution in [2.75, 3.05) is 11.9 Å². The summed E-state index contributed by atoms with van der Waals surface area (Å²) in [4.78, 5) is 8.73. The molecule has 2 aromatic rings. The highest BCUT2D eigenvalue weighted by molar-refractivity contribution is 5.80. The van der Waals surface area contributed by atoms with Crippen LogP contribution in [-0.4, -0.2) is 32.3 Å². The third-order valence-corrected chi connectivity index (χ3v) is 2.21. The first-order chi connectivity index (χ1) is 8.49. The lowest BCUT2D eigenvalue weighted by Crippen LogP contribution is -2.24. The van der Waals surface area contributed by atoms with Gasteiger partial charge in [0, 0.05) is 6.54 Å². The van der Waals surface area contributed by atoms with Crippen molar-refractivity contribution in [1.29, 1.82) is 0 Å². The summed E-state index contributed by atoms with van der Waals surface area (Å²) in [6, 6.07) is 0. The minimum Gasteiger partial charge on any atom is -0.471 e. The average Bonchev–Trinajstić information content (AvgIpc) is 2.72. The Balaban J connectivity index is 2.38. The van der Waals surface area contributed by atoms with Crippen molar-refractivity contribution < 1.29 is 4.74 Å². The number of anilines is 1. The molecule has 18 heavy (non-hydrogen) atoms. The summed E-state index contributed by atoms with van der Waals surface area (Å²) in [7, 11) is 0. The normalized spacial score (nSPS) is 11.8. The lowest BCUT2D eigenvalue weighted by Gasteiger charge is -2.20. The molecule has 0 saturated carbocycles. The fourth-order valence-electron chi connectivity index (χ4n) is 1.49. The molecule has 0 bridgehead atoms. The minimum atomic E-state index is -0.305. The Morgan fingerprint density at radius 1 is 1.33 bits per heavy atom. The summed E-state index contributed by atoms with van der Waals surface area (Å²) in [5.74, 6) is 1.12. The van der Waals surface area contributed by atoms with Crippen LogP contribution >= 0.6 is 0 Å². The van der Waals surface area contributed by atoms with Crippen LogP contribution in [0.4, 0.5) is 5.95 Å². The van der Waals surface area contributed by atoms with Gasteiger partial charge in [0.25, 0.3) is 0 Å². The van der Waals surface area contributed by atoms with E-state index in [2.05, 4.69) is 32.4 Å². The summed E-state index contributed by atoms with van der Waals surface area (Å²) in [5.41, 5.74) is 0.378. The lowest BCUT2D eigenvalue weighted by atomic mass is 10.2. The summed E-state index contributed by atoms with van der Waals surface area (Å²) < 4.78 is 5.84. The predicted octanol–water partition coefficient (Wildman–Crippen LogP) is 2.35. The van der Waals surface area contributed by atoms with E-state index in [1.54, 1.807) is 6.20 Å². The smallest absolute Gasteiger partial charge is 0.230 e. The highest BCUT2D eigenvalue weighted by atomic mass is 16.5. The molecule has 0 atom stereocenters. The van der Waals surface area contributed by atoms with Crippen LogP contribution < -0.4 is 10.1 Å². The molecule has 0 aliphatic carbocycles. The van der Waals surface area contributed by atoms with E-state index in [1.807, 2.05) is 20.8 Å². The standard InChI is InChI=1S/C12H19N5O/c1-5-6-13-11-15-9-8(7-14-17-9)10(16-11)18-12(2,3)4/h7H,5-6H2,1-4H3,(H2,13,14,15,16,17). The fourth-order valence-corrected chi connectivity index (χ4v) is 1.49. The van der Waals surface area contributed by atoms with Crippen molar-refractivity contribution in [3.05, 3.63) is 6.20 Å². The van der Waals surface area contributed by atoms with Gasteiger partial charge in [0.05, 0.1) is 6.20 Å². The van der Waals surface area contributed by atoms with E-state index < -0.39 is 0 Å².